The van der Waals surface area contributed by atoms with Gasteiger partial charge >= 0.3 is 0 Å². The Labute approximate surface area is 375 Å². The highest BCUT2D eigenvalue weighted by Crippen LogP contribution is 2.52. The molecular weight excluding hydrogens is 771 g/mol. The summed E-state index contributed by atoms with van der Waals surface area (Å²) in [7, 11) is 0. The first-order valence-corrected chi connectivity index (χ1v) is 22.3. The highest BCUT2D eigenvalue weighted by Gasteiger charge is 2.35. The minimum absolute atomic E-state index is 0.0499. The van der Waals surface area contributed by atoms with Crippen molar-refractivity contribution >= 4 is 49.4 Å². The van der Waals surface area contributed by atoms with E-state index >= 15 is 0 Å². The Hall–Kier alpha value is -8.00. The molecular formula is C63H45N. The van der Waals surface area contributed by atoms with Crippen molar-refractivity contribution in [3.63, 3.8) is 0 Å². The predicted molar refractivity (Wildman–Crippen MR) is 273 cm³/mol. The third-order valence-electron chi connectivity index (χ3n) is 13.6. The number of rotatable bonds is 7. The molecule has 0 saturated heterocycles. The molecule has 0 aromatic heterocycles. The number of para-hydroxylation sites is 1. The molecule has 11 aromatic rings. The van der Waals surface area contributed by atoms with Gasteiger partial charge in [0.2, 0.25) is 0 Å². The summed E-state index contributed by atoms with van der Waals surface area (Å²) in [6, 6.07) is 87.1. The van der Waals surface area contributed by atoms with E-state index in [1.807, 2.05) is 0 Å². The van der Waals surface area contributed by atoms with Crippen LogP contribution in [0.1, 0.15) is 25.0 Å². The molecule has 302 valence electrons. The maximum absolute atomic E-state index is 2.44. The Bertz CT molecular complexity index is 3540. The molecule has 0 spiro atoms. The summed E-state index contributed by atoms with van der Waals surface area (Å²) >= 11 is 0. The number of hydrogen-bond acceptors (Lipinski definition) is 1. The Morgan fingerprint density at radius 3 is 1.50 bits per heavy atom. The highest BCUT2D eigenvalue weighted by atomic mass is 15.1. The van der Waals surface area contributed by atoms with Crippen LogP contribution in [0.3, 0.4) is 0 Å². The molecule has 1 heteroatoms. The minimum atomic E-state index is -0.0499. The molecule has 0 unspecified atom stereocenters. The van der Waals surface area contributed by atoms with Gasteiger partial charge < -0.3 is 4.90 Å². The largest absolute Gasteiger partial charge is 0.310 e. The zero-order chi connectivity index (χ0) is 42.8. The summed E-state index contributed by atoms with van der Waals surface area (Å²) in [5.74, 6) is 0. The lowest BCUT2D eigenvalue weighted by atomic mass is 9.81. The van der Waals surface area contributed by atoms with E-state index in [-0.39, 0.29) is 5.41 Å². The lowest BCUT2D eigenvalue weighted by Gasteiger charge is -2.27. The molecule has 0 fully saturated rings. The fraction of sp³-hybridized carbons (Fsp3) is 0.0476. The van der Waals surface area contributed by atoms with Gasteiger partial charge in [0.15, 0.2) is 0 Å². The van der Waals surface area contributed by atoms with Gasteiger partial charge in [0.05, 0.1) is 0 Å². The van der Waals surface area contributed by atoms with E-state index in [4.69, 9.17) is 0 Å². The van der Waals surface area contributed by atoms with Crippen LogP contribution in [0.5, 0.6) is 0 Å². The Kier molecular flexibility index (Phi) is 8.91. The van der Waals surface area contributed by atoms with E-state index in [1.165, 1.54) is 99.1 Å². The van der Waals surface area contributed by atoms with Crippen molar-refractivity contribution in [2.45, 2.75) is 19.3 Å². The molecule has 12 rings (SSSR count). The monoisotopic (exact) mass is 815 g/mol. The molecule has 0 atom stereocenters. The molecule has 1 aliphatic carbocycles. The first kappa shape index (κ1) is 37.7. The second-order valence-corrected chi connectivity index (χ2v) is 17.6. The predicted octanol–water partition coefficient (Wildman–Crippen LogP) is 17.6. The van der Waals surface area contributed by atoms with Gasteiger partial charge in [0.1, 0.15) is 0 Å². The quantitative estimate of drug-likeness (QED) is 0.145. The van der Waals surface area contributed by atoms with Crippen LogP contribution in [0, 0.1) is 0 Å². The molecule has 1 aliphatic rings. The van der Waals surface area contributed by atoms with Gasteiger partial charge in [-0.2, -0.15) is 0 Å². The number of fused-ring (bicyclic) bond motifs is 9. The van der Waals surface area contributed by atoms with Crippen molar-refractivity contribution in [3.05, 3.63) is 248 Å². The molecule has 64 heavy (non-hydrogen) atoms. The maximum atomic E-state index is 2.44. The number of benzene rings is 11. The minimum Gasteiger partial charge on any atom is -0.310 e. The molecule has 0 N–H and O–H groups in total. The second kappa shape index (κ2) is 15.1. The molecule has 0 aliphatic heterocycles. The van der Waals surface area contributed by atoms with Gasteiger partial charge in [-0.25, -0.2) is 0 Å². The Morgan fingerprint density at radius 2 is 0.797 bits per heavy atom. The average molecular weight is 816 g/mol. The summed E-state index contributed by atoms with van der Waals surface area (Å²) in [5, 5.41) is 7.48. The third-order valence-corrected chi connectivity index (χ3v) is 13.6. The first-order chi connectivity index (χ1) is 31.5. The van der Waals surface area contributed by atoms with Crippen LogP contribution in [0.25, 0.3) is 88.0 Å². The van der Waals surface area contributed by atoms with Crippen molar-refractivity contribution in [2.75, 3.05) is 4.90 Å². The summed E-state index contributed by atoms with van der Waals surface area (Å²) in [6.45, 7) is 4.70. The van der Waals surface area contributed by atoms with E-state index < -0.39 is 0 Å². The number of hydrogen-bond donors (Lipinski definition) is 0. The average Bonchev–Trinajstić information content (AvgIpc) is 3.60. The zero-order valence-electron chi connectivity index (χ0n) is 36.0. The molecule has 0 amide bonds. The fourth-order valence-corrected chi connectivity index (χ4v) is 10.6. The van der Waals surface area contributed by atoms with Crippen LogP contribution in [0.2, 0.25) is 0 Å². The zero-order valence-corrected chi connectivity index (χ0v) is 36.0. The normalized spacial score (nSPS) is 12.7. The van der Waals surface area contributed by atoms with Crippen LogP contribution in [-0.2, 0) is 5.41 Å². The molecule has 0 bridgehead atoms. The molecule has 0 heterocycles. The SMILES string of the molecule is CC1(C)c2ccccc2-c2ccc(-c3ccc(N(c4ccccc4)c4ccc5c(c4)c4ccccc4c4c(-c6ccccc6)cc(-c6ccccc6)c(-c6ccccc6)c54)cc3)cc21. The number of anilines is 3. The van der Waals surface area contributed by atoms with Crippen LogP contribution < -0.4 is 4.90 Å². The smallest absolute Gasteiger partial charge is 0.0468 e. The van der Waals surface area contributed by atoms with Gasteiger partial charge in [0.25, 0.3) is 0 Å². The van der Waals surface area contributed by atoms with Gasteiger partial charge in [-0.05, 0) is 148 Å². The van der Waals surface area contributed by atoms with Crippen LogP contribution >= 0.6 is 0 Å². The highest BCUT2D eigenvalue weighted by molar-refractivity contribution is 6.33. The van der Waals surface area contributed by atoms with Crippen molar-refractivity contribution in [1.82, 2.24) is 0 Å². The van der Waals surface area contributed by atoms with Crippen molar-refractivity contribution in [1.29, 1.82) is 0 Å². The summed E-state index contributed by atoms with van der Waals surface area (Å²) in [4.78, 5) is 2.40. The summed E-state index contributed by atoms with van der Waals surface area (Å²) in [5.41, 5.74) is 18.5. The maximum Gasteiger partial charge on any atom is 0.0468 e. The fourth-order valence-electron chi connectivity index (χ4n) is 10.6. The Morgan fingerprint density at radius 1 is 0.281 bits per heavy atom. The van der Waals surface area contributed by atoms with E-state index in [2.05, 4.69) is 255 Å². The lowest BCUT2D eigenvalue weighted by molar-refractivity contribution is 0.660. The molecule has 11 aromatic carbocycles. The summed E-state index contributed by atoms with van der Waals surface area (Å²) < 4.78 is 0. The van der Waals surface area contributed by atoms with Crippen LogP contribution in [-0.4, -0.2) is 0 Å². The van der Waals surface area contributed by atoms with Crippen molar-refractivity contribution in [2.24, 2.45) is 0 Å². The lowest BCUT2D eigenvalue weighted by Crippen LogP contribution is -2.14. The second-order valence-electron chi connectivity index (χ2n) is 17.6. The topological polar surface area (TPSA) is 3.24 Å². The van der Waals surface area contributed by atoms with Crippen molar-refractivity contribution in [3.8, 4) is 55.6 Å². The molecule has 1 nitrogen and oxygen atoms in total. The van der Waals surface area contributed by atoms with E-state index in [0.717, 1.165) is 17.1 Å². The molecule has 0 saturated carbocycles. The van der Waals surface area contributed by atoms with Gasteiger partial charge in [-0.15, -0.1) is 0 Å². The summed E-state index contributed by atoms with van der Waals surface area (Å²) in [6.07, 6.45) is 0. The molecule has 0 radical (unpaired) electrons. The van der Waals surface area contributed by atoms with Gasteiger partial charge in [0, 0.05) is 22.5 Å². The van der Waals surface area contributed by atoms with E-state index in [0.29, 0.717) is 0 Å². The van der Waals surface area contributed by atoms with E-state index in [1.54, 1.807) is 0 Å². The van der Waals surface area contributed by atoms with Crippen molar-refractivity contribution < 1.29 is 0 Å². The first-order valence-electron chi connectivity index (χ1n) is 22.3. The van der Waals surface area contributed by atoms with Crippen LogP contribution in [0.15, 0.2) is 237 Å². The standard InChI is InChI=1S/C63H45N/c1-63(2)58-30-18-17-28-51(58)52-37-33-46(39-59(52)63)42-31-34-48(35-32-42)64(47-25-13-6-14-26-47)49-36-38-54-57(40-49)50-27-15-16-29-53(50)61-56(44-21-9-4-10-22-44)41-55(43-19-7-3-8-20-43)60(62(54)61)45-23-11-5-12-24-45/h3-41H,1-2H3. The Balaban J connectivity index is 1.08. The van der Waals surface area contributed by atoms with Gasteiger partial charge in [-0.1, -0.05) is 202 Å². The van der Waals surface area contributed by atoms with Crippen LogP contribution in [0.4, 0.5) is 17.1 Å². The third kappa shape index (κ3) is 6.08. The number of nitrogens with zero attached hydrogens (tertiary/aromatic N) is 1. The van der Waals surface area contributed by atoms with E-state index in [9.17, 15) is 0 Å². The van der Waals surface area contributed by atoms with Gasteiger partial charge in [-0.3, -0.25) is 0 Å².